The zero-order chi connectivity index (χ0) is 21.1. The summed E-state index contributed by atoms with van der Waals surface area (Å²) in [5.74, 6) is 0.116. The number of H-pyrrole nitrogens is 1. The van der Waals surface area contributed by atoms with E-state index in [4.69, 9.17) is 0 Å². The van der Waals surface area contributed by atoms with Crippen molar-refractivity contribution < 1.29 is 9.59 Å². The number of carbonyl (C=O) groups excluding carboxylic acids is 2. The lowest BCUT2D eigenvalue weighted by Gasteiger charge is -2.05. The number of fused-ring (bicyclic) bond motifs is 1. The van der Waals surface area contributed by atoms with Gasteiger partial charge in [0.05, 0.1) is 29.9 Å². The highest BCUT2D eigenvalue weighted by atomic mass is 16.1. The topological polar surface area (TPSA) is 106 Å². The van der Waals surface area contributed by atoms with Crippen LogP contribution in [0.4, 0.5) is 0 Å². The third kappa shape index (κ3) is 4.32. The molecular weight excluding hydrogens is 380 g/mol. The summed E-state index contributed by atoms with van der Waals surface area (Å²) >= 11 is 0. The van der Waals surface area contributed by atoms with Crippen LogP contribution in [0.3, 0.4) is 0 Å². The summed E-state index contributed by atoms with van der Waals surface area (Å²) in [4.78, 5) is 40.5. The highest BCUT2D eigenvalue weighted by Gasteiger charge is 2.14. The van der Waals surface area contributed by atoms with Crippen molar-refractivity contribution in [3.8, 4) is 5.69 Å². The number of hydrogen-bond acceptors (Lipinski definition) is 6. The minimum Gasteiger partial charge on any atom is -0.343 e. The number of nitrogens with one attached hydrogen (secondary N) is 1. The van der Waals surface area contributed by atoms with Crippen molar-refractivity contribution in [1.82, 2.24) is 29.7 Å². The van der Waals surface area contributed by atoms with E-state index in [2.05, 4.69) is 25.0 Å². The monoisotopic (exact) mass is 402 g/mol. The van der Waals surface area contributed by atoms with Gasteiger partial charge in [-0.15, -0.1) is 0 Å². The SMILES string of the molecule is CC(C)CC(=O)c1cccc(C(=O)CCc2cnn(-c3cnc4nc[nH]c4c3)c2)n1. The van der Waals surface area contributed by atoms with Gasteiger partial charge in [0.2, 0.25) is 0 Å². The molecule has 0 bridgehead atoms. The van der Waals surface area contributed by atoms with E-state index in [0.29, 0.717) is 36.3 Å². The van der Waals surface area contributed by atoms with Crippen LogP contribution in [0.5, 0.6) is 0 Å². The second-order valence-corrected chi connectivity index (χ2v) is 7.61. The van der Waals surface area contributed by atoms with E-state index in [0.717, 1.165) is 16.8 Å². The highest BCUT2D eigenvalue weighted by Crippen LogP contribution is 2.15. The Hall–Kier alpha value is -3.68. The molecule has 4 aromatic heterocycles. The maximum atomic E-state index is 12.6. The summed E-state index contributed by atoms with van der Waals surface area (Å²) < 4.78 is 1.72. The van der Waals surface area contributed by atoms with Crippen LogP contribution in [0.25, 0.3) is 16.9 Å². The number of nitrogens with zero attached hydrogens (tertiary/aromatic N) is 5. The number of hydrogen-bond donors (Lipinski definition) is 1. The third-order valence-corrected chi connectivity index (χ3v) is 4.71. The smallest absolute Gasteiger partial charge is 0.181 e. The number of pyridine rings is 2. The molecule has 0 radical (unpaired) electrons. The fraction of sp³-hybridized carbons (Fsp3) is 0.273. The molecule has 4 rings (SSSR count). The van der Waals surface area contributed by atoms with Gasteiger partial charge >= 0.3 is 0 Å². The van der Waals surface area contributed by atoms with E-state index in [1.54, 1.807) is 41.6 Å². The Bertz CT molecular complexity index is 1210. The Morgan fingerprint density at radius 1 is 1.10 bits per heavy atom. The van der Waals surface area contributed by atoms with Crippen molar-refractivity contribution in [3.05, 3.63) is 66.1 Å². The number of aromatic amines is 1. The predicted octanol–water partition coefficient (Wildman–Crippen LogP) is 3.58. The summed E-state index contributed by atoms with van der Waals surface area (Å²) in [7, 11) is 0. The zero-order valence-electron chi connectivity index (χ0n) is 16.9. The van der Waals surface area contributed by atoms with Crippen molar-refractivity contribution in [2.45, 2.75) is 33.1 Å². The standard InChI is InChI=1S/C22H22N6O2/c1-14(2)8-21(30)18-5-3-4-17(27-18)20(29)7-6-15-10-26-28(12-15)16-9-19-22(23-11-16)25-13-24-19/h3-5,9-14H,6-8H2,1-2H3,(H,23,24,25). The molecule has 8 heteroatoms. The van der Waals surface area contributed by atoms with Crippen LogP contribution in [0.2, 0.25) is 0 Å². The zero-order valence-corrected chi connectivity index (χ0v) is 16.9. The average Bonchev–Trinajstić information content (AvgIpc) is 3.40. The Kier molecular flexibility index (Phi) is 5.47. The molecule has 0 unspecified atom stereocenters. The van der Waals surface area contributed by atoms with E-state index in [9.17, 15) is 9.59 Å². The molecule has 0 aliphatic rings. The molecule has 152 valence electrons. The molecule has 4 heterocycles. The van der Waals surface area contributed by atoms with Crippen LogP contribution in [0.1, 0.15) is 53.2 Å². The van der Waals surface area contributed by atoms with Crippen LogP contribution in [0.15, 0.2) is 49.2 Å². The Balaban J connectivity index is 1.41. The van der Waals surface area contributed by atoms with Crippen molar-refractivity contribution in [3.63, 3.8) is 0 Å². The number of ketones is 2. The fourth-order valence-electron chi connectivity index (χ4n) is 3.18. The van der Waals surface area contributed by atoms with Gasteiger partial charge in [0.25, 0.3) is 0 Å². The molecule has 0 saturated heterocycles. The van der Waals surface area contributed by atoms with E-state index in [1.807, 2.05) is 26.1 Å². The van der Waals surface area contributed by atoms with Crippen molar-refractivity contribution in [2.75, 3.05) is 0 Å². The molecule has 1 N–H and O–H groups in total. The van der Waals surface area contributed by atoms with Crippen molar-refractivity contribution in [1.29, 1.82) is 0 Å². The quantitative estimate of drug-likeness (QED) is 0.452. The van der Waals surface area contributed by atoms with Gasteiger partial charge in [0.1, 0.15) is 11.4 Å². The van der Waals surface area contributed by atoms with Crippen LogP contribution in [-0.4, -0.2) is 41.3 Å². The largest absolute Gasteiger partial charge is 0.343 e. The van der Waals surface area contributed by atoms with Crippen LogP contribution < -0.4 is 0 Å². The van der Waals surface area contributed by atoms with E-state index in [-0.39, 0.29) is 17.5 Å². The van der Waals surface area contributed by atoms with Gasteiger partial charge in [-0.05, 0) is 36.1 Å². The number of aromatic nitrogens is 6. The average molecular weight is 402 g/mol. The second kappa shape index (κ2) is 8.36. The molecule has 4 aromatic rings. The molecule has 0 aliphatic carbocycles. The maximum absolute atomic E-state index is 12.6. The van der Waals surface area contributed by atoms with Crippen LogP contribution in [-0.2, 0) is 6.42 Å². The first-order valence-electron chi connectivity index (χ1n) is 9.86. The summed E-state index contributed by atoms with van der Waals surface area (Å²) in [6.07, 6.45) is 8.16. The highest BCUT2D eigenvalue weighted by molar-refractivity contribution is 5.98. The first-order chi connectivity index (χ1) is 14.5. The number of rotatable bonds is 8. The maximum Gasteiger partial charge on any atom is 0.181 e. The van der Waals surface area contributed by atoms with Crippen LogP contribution >= 0.6 is 0 Å². The Labute approximate surface area is 173 Å². The Morgan fingerprint density at radius 2 is 1.90 bits per heavy atom. The molecule has 0 aromatic carbocycles. The third-order valence-electron chi connectivity index (χ3n) is 4.71. The lowest BCUT2D eigenvalue weighted by atomic mass is 10.0. The minimum atomic E-state index is -0.0949. The van der Waals surface area contributed by atoms with Gasteiger partial charge in [-0.3, -0.25) is 9.59 Å². The first kappa shape index (κ1) is 19.6. The molecule has 0 amide bonds. The summed E-state index contributed by atoms with van der Waals surface area (Å²) in [6.45, 7) is 3.96. The number of carbonyl (C=O) groups is 2. The first-order valence-corrected chi connectivity index (χ1v) is 9.86. The van der Waals surface area contributed by atoms with E-state index in [1.165, 1.54) is 0 Å². The molecule has 0 spiro atoms. The molecule has 0 aliphatic heterocycles. The molecule has 0 saturated carbocycles. The molecule has 0 atom stereocenters. The summed E-state index contributed by atoms with van der Waals surface area (Å²) in [6, 6.07) is 6.95. The van der Waals surface area contributed by atoms with Crippen molar-refractivity contribution in [2.24, 2.45) is 5.92 Å². The molecular formula is C22H22N6O2. The lowest BCUT2D eigenvalue weighted by molar-refractivity contribution is 0.0962. The minimum absolute atomic E-state index is 0.0382. The lowest BCUT2D eigenvalue weighted by Crippen LogP contribution is -2.10. The number of Topliss-reactive ketones (excluding diaryl/α,β-unsaturated/α-hetero) is 2. The van der Waals surface area contributed by atoms with Gasteiger partial charge in [-0.25, -0.2) is 19.6 Å². The fourth-order valence-corrected chi connectivity index (χ4v) is 3.18. The van der Waals surface area contributed by atoms with Gasteiger partial charge in [0, 0.05) is 19.0 Å². The van der Waals surface area contributed by atoms with Gasteiger partial charge in [0.15, 0.2) is 17.2 Å². The van der Waals surface area contributed by atoms with Crippen molar-refractivity contribution >= 4 is 22.7 Å². The van der Waals surface area contributed by atoms with E-state index >= 15 is 0 Å². The molecule has 30 heavy (non-hydrogen) atoms. The van der Waals surface area contributed by atoms with Gasteiger partial charge in [-0.2, -0.15) is 5.10 Å². The molecule has 0 fully saturated rings. The van der Waals surface area contributed by atoms with Crippen LogP contribution in [0, 0.1) is 5.92 Å². The number of aryl methyl sites for hydroxylation is 1. The summed E-state index contributed by atoms with van der Waals surface area (Å²) in [5.41, 5.74) is 3.90. The van der Waals surface area contributed by atoms with E-state index < -0.39 is 0 Å². The number of imidazole rings is 1. The normalized spacial score (nSPS) is 11.3. The molecule has 8 nitrogen and oxygen atoms in total. The second-order valence-electron chi connectivity index (χ2n) is 7.61. The Morgan fingerprint density at radius 3 is 2.70 bits per heavy atom. The van der Waals surface area contributed by atoms with Gasteiger partial charge < -0.3 is 4.98 Å². The summed E-state index contributed by atoms with van der Waals surface area (Å²) in [5, 5.41) is 4.36. The van der Waals surface area contributed by atoms with Gasteiger partial charge in [-0.1, -0.05) is 19.9 Å². The predicted molar refractivity (Wildman–Crippen MR) is 112 cm³/mol.